The van der Waals surface area contributed by atoms with Crippen molar-refractivity contribution in [2.24, 2.45) is 0 Å². The summed E-state index contributed by atoms with van der Waals surface area (Å²) in [7, 11) is 0. The Balaban J connectivity index is 1.85. The molecule has 0 saturated carbocycles. The maximum Gasteiger partial charge on any atom is 0.0243 e. The molecule has 1 aliphatic heterocycles. The molecule has 1 heterocycles. The van der Waals surface area contributed by atoms with Crippen LogP contribution >= 0.6 is 0 Å². The Morgan fingerprint density at radius 3 is 2.25 bits per heavy atom. The lowest BCUT2D eigenvalue weighted by atomic mass is 9.70. The Bertz CT molecular complexity index is 579. The Kier molecular flexibility index (Phi) is 3.62. The van der Waals surface area contributed by atoms with Crippen LogP contribution in [0.4, 0.5) is 0 Å². The fourth-order valence-corrected chi connectivity index (χ4v) is 3.12. The summed E-state index contributed by atoms with van der Waals surface area (Å²) in [6.07, 6.45) is 2.25. The number of benzene rings is 2. The summed E-state index contributed by atoms with van der Waals surface area (Å²) in [5.41, 5.74) is 6.00. The predicted octanol–water partition coefficient (Wildman–Crippen LogP) is 3.64. The molecule has 2 aromatic carbocycles. The Hall–Kier alpha value is -1.60. The van der Waals surface area contributed by atoms with Gasteiger partial charge < -0.3 is 5.32 Å². The van der Waals surface area contributed by atoms with Gasteiger partial charge in [0.25, 0.3) is 0 Å². The molecule has 0 bridgehead atoms. The van der Waals surface area contributed by atoms with Crippen molar-refractivity contribution in [3.05, 3.63) is 70.8 Å². The summed E-state index contributed by atoms with van der Waals surface area (Å²) in [5, 5.41) is 3.46. The summed E-state index contributed by atoms with van der Waals surface area (Å²) in [6, 6.07) is 18.1. The highest BCUT2D eigenvalue weighted by Gasteiger charge is 2.38. The van der Waals surface area contributed by atoms with Gasteiger partial charge in [-0.1, -0.05) is 61.0 Å². The first kappa shape index (κ1) is 13.4. The molecule has 0 atom stereocenters. The molecule has 20 heavy (non-hydrogen) atoms. The predicted molar refractivity (Wildman–Crippen MR) is 85.3 cm³/mol. The molecule has 3 rings (SSSR count). The standard InChI is InChI=1S/C19H23N/c1-3-16-7-9-17(10-8-16)12-19(13-20-14-19)18-6-4-5-15(2)11-18/h4-11,20H,3,12-14H2,1-2H3. The van der Waals surface area contributed by atoms with E-state index in [4.69, 9.17) is 0 Å². The van der Waals surface area contributed by atoms with Gasteiger partial charge in [0.1, 0.15) is 0 Å². The quantitative estimate of drug-likeness (QED) is 0.890. The van der Waals surface area contributed by atoms with E-state index >= 15 is 0 Å². The second-order valence-corrected chi connectivity index (χ2v) is 6.10. The van der Waals surface area contributed by atoms with Crippen molar-refractivity contribution < 1.29 is 0 Å². The normalized spacial score (nSPS) is 16.7. The molecule has 0 amide bonds. The molecule has 0 spiro atoms. The summed E-state index contributed by atoms with van der Waals surface area (Å²) >= 11 is 0. The maximum absolute atomic E-state index is 3.46. The first-order valence-corrected chi connectivity index (χ1v) is 7.57. The van der Waals surface area contributed by atoms with Crippen LogP contribution in [0, 0.1) is 6.92 Å². The third-order valence-electron chi connectivity index (χ3n) is 4.53. The topological polar surface area (TPSA) is 12.0 Å². The molecule has 0 aromatic heterocycles. The van der Waals surface area contributed by atoms with Gasteiger partial charge in [-0.05, 0) is 36.5 Å². The van der Waals surface area contributed by atoms with Crippen LogP contribution in [0.2, 0.25) is 0 Å². The van der Waals surface area contributed by atoms with Gasteiger partial charge in [-0.25, -0.2) is 0 Å². The fourth-order valence-electron chi connectivity index (χ4n) is 3.12. The van der Waals surface area contributed by atoms with E-state index in [0.29, 0.717) is 5.41 Å². The second-order valence-electron chi connectivity index (χ2n) is 6.10. The van der Waals surface area contributed by atoms with Crippen LogP contribution in [0.1, 0.15) is 29.2 Å². The molecule has 1 aliphatic rings. The number of hydrogen-bond acceptors (Lipinski definition) is 1. The molecular weight excluding hydrogens is 242 g/mol. The van der Waals surface area contributed by atoms with E-state index < -0.39 is 0 Å². The van der Waals surface area contributed by atoms with E-state index in [1.54, 1.807) is 0 Å². The number of nitrogens with one attached hydrogen (secondary N) is 1. The van der Waals surface area contributed by atoms with Crippen molar-refractivity contribution in [1.29, 1.82) is 0 Å². The molecule has 2 aromatic rings. The zero-order chi connectivity index (χ0) is 14.0. The zero-order valence-corrected chi connectivity index (χ0v) is 12.4. The van der Waals surface area contributed by atoms with Crippen molar-refractivity contribution in [3.63, 3.8) is 0 Å². The van der Waals surface area contributed by atoms with E-state index in [1.165, 1.54) is 22.3 Å². The van der Waals surface area contributed by atoms with E-state index in [0.717, 1.165) is 25.9 Å². The van der Waals surface area contributed by atoms with Crippen molar-refractivity contribution in [1.82, 2.24) is 5.32 Å². The molecule has 104 valence electrons. The van der Waals surface area contributed by atoms with E-state index in [-0.39, 0.29) is 0 Å². The third-order valence-corrected chi connectivity index (χ3v) is 4.53. The van der Waals surface area contributed by atoms with E-state index in [2.05, 4.69) is 67.7 Å². The monoisotopic (exact) mass is 265 g/mol. The van der Waals surface area contributed by atoms with Crippen LogP contribution in [0.5, 0.6) is 0 Å². The highest BCUT2D eigenvalue weighted by molar-refractivity contribution is 5.36. The molecule has 0 radical (unpaired) electrons. The number of hydrogen-bond donors (Lipinski definition) is 1. The highest BCUT2D eigenvalue weighted by Crippen LogP contribution is 2.33. The maximum atomic E-state index is 3.46. The first-order valence-electron chi connectivity index (χ1n) is 7.57. The molecule has 0 aliphatic carbocycles. The van der Waals surface area contributed by atoms with Crippen LogP contribution in [-0.4, -0.2) is 13.1 Å². The zero-order valence-electron chi connectivity index (χ0n) is 12.4. The average molecular weight is 265 g/mol. The summed E-state index contributed by atoms with van der Waals surface area (Å²) < 4.78 is 0. The largest absolute Gasteiger partial charge is 0.315 e. The number of rotatable bonds is 4. The molecule has 1 heteroatoms. The SMILES string of the molecule is CCc1ccc(CC2(c3cccc(C)c3)CNC2)cc1. The molecular formula is C19H23N. The Morgan fingerprint density at radius 2 is 1.70 bits per heavy atom. The second kappa shape index (κ2) is 5.41. The van der Waals surface area contributed by atoms with Crippen LogP contribution in [0.25, 0.3) is 0 Å². The smallest absolute Gasteiger partial charge is 0.0243 e. The van der Waals surface area contributed by atoms with Gasteiger partial charge in [-0.2, -0.15) is 0 Å². The van der Waals surface area contributed by atoms with Gasteiger partial charge in [0, 0.05) is 18.5 Å². The Labute approximate surface area is 122 Å². The van der Waals surface area contributed by atoms with Crippen molar-refractivity contribution in [2.75, 3.05) is 13.1 Å². The fraction of sp³-hybridized carbons (Fsp3) is 0.368. The Morgan fingerprint density at radius 1 is 1.00 bits per heavy atom. The highest BCUT2D eigenvalue weighted by atomic mass is 15.0. The van der Waals surface area contributed by atoms with Crippen LogP contribution in [0.15, 0.2) is 48.5 Å². The van der Waals surface area contributed by atoms with Gasteiger partial charge in [0.05, 0.1) is 0 Å². The lowest BCUT2D eigenvalue weighted by molar-refractivity contribution is 0.274. The summed E-state index contributed by atoms with van der Waals surface area (Å²) in [5.74, 6) is 0. The van der Waals surface area contributed by atoms with E-state index in [9.17, 15) is 0 Å². The molecule has 1 saturated heterocycles. The minimum atomic E-state index is 0.291. The molecule has 0 unspecified atom stereocenters. The summed E-state index contributed by atoms with van der Waals surface area (Å²) in [4.78, 5) is 0. The van der Waals surface area contributed by atoms with Gasteiger partial charge in [-0.3, -0.25) is 0 Å². The molecule has 1 N–H and O–H groups in total. The number of aryl methyl sites for hydroxylation is 2. The van der Waals surface area contributed by atoms with Crippen LogP contribution < -0.4 is 5.32 Å². The van der Waals surface area contributed by atoms with Gasteiger partial charge >= 0.3 is 0 Å². The molecule has 1 nitrogen and oxygen atoms in total. The van der Waals surface area contributed by atoms with Gasteiger partial charge in [0.15, 0.2) is 0 Å². The molecule has 1 fully saturated rings. The lowest BCUT2D eigenvalue weighted by Crippen LogP contribution is -2.58. The minimum absolute atomic E-state index is 0.291. The minimum Gasteiger partial charge on any atom is -0.315 e. The van der Waals surface area contributed by atoms with Crippen molar-refractivity contribution >= 4 is 0 Å². The average Bonchev–Trinajstić information content (AvgIpc) is 2.43. The van der Waals surface area contributed by atoms with E-state index in [1.807, 2.05) is 0 Å². The van der Waals surface area contributed by atoms with Crippen LogP contribution in [0.3, 0.4) is 0 Å². The first-order chi connectivity index (χ1) is 9.72. The summed E-state index contributed by atoms with van der Waals surface area (Å²) in [6.45, 7) is 6.57. The van der Waals surface area contributed by atoms with Crippen molar-refractivity contribution in [3.8, 4) is 0 Å². The van der Waals surface area contributed by atoms with Gasteiger partial charge in [-0.15, -0.1) is 0 Å². The van der Waals surface area contributed by atoms with Gasteiger partial charge in [0.2, 0.25) is 0 Å². The lowest BCUT2D eigenvalue weighted by Gasteiger charge is -2.43. The van der Waals surface area contributed by atoms with Crippen molar-refractivity contribution in [2.45, 2.75) is 32.1 Å². The van der Waals surface area contributed by atoms with Crippen LogP contribution in [-0.2, 0) is 18.3 Å². The third kappa shape index (κ3) is 2.51.